The molecule has 2 aromatic carbocycles. The maximum atomic E-state index is 13.3. The minimum absolute atomic E-state index is 0.0603. The fourth-order valence-corrected chi connectivity index (χ4v) is 3.77. The molecule has 0 saturated carbocycles. The number of Topliss-reactive ketones (excluding diaryl/α,β-unsaturated/α-hetero) is 1. The number of likely N-dealkylation sites (tertiary alicyclic amines) is 1. The Morgan fingerprint density at radius 2 is 1.77 bits per heavy atom. The van der Waals surface area contributed by atoms with Gasteiger partial charge in [-0.1, -0.05) is 29.3 Å². The highest BCUT2D eigenvalue weighted by atomic mass is 35.5. The van der Waals surface area contributed by atoms with E-state index in [-0.39, 0.29) is 21.9 Å². The van der Waals surface area contributed by atoms with Gasteiger partial charge in [-0.15, -0.1) is 0 Å². The van der Waals surface area contributed by atoms with Crippen molar-refractivity contribution < 1.29 is 19.1 Å². The van der Waals surface area contributed by atoms with Crippen LogP contribution in [0, 0.1) is 5.82 Å². The number of halogens is 3. The molecule has 1 saturated heterocycles. The third kappa shape index (κ3) is 4.51. The predicted molar refractivity (Wildman–Crippen MR) is 115 cm³/mol. The number of nitrogens with zero attached hydrogens (tertiary/aromatic N) is 2. The Bertz CT molecular complexity index is 1010. The van der Waals surface area contributed by atoms with E-state index in [1.54, 1.807) is 18.2 Å². The van der Waals surface area contributed by atoms with Crippen molar-refractivity contribution in [3.63, 3.8) is 0 Å². The van der Waals surface area contributed by atoms with Crippen LogP contribution in [-0.4, -0.2) is 53.8 Å². The van der Waals surface area contributed by atoms with Crippen LogP contribution >= 0.6 is 23.2 Å². The summed E-state index contributed by atoms with van der Waals surface area (Å²) in [6.45, 7) is 1.03. The van der Waals surface area contributed by atoms with E-state index in [0.717, 1.165) is 6.54 Å². The molecule has 30 heavy (non-hydrogen) atoms. The first kappa shape index (κ1) is 22.3. The van der Waals surface area contributed by atoms with E-state index in [9.17, 15) is 19.1 Å². The number of hydrogen-bond donors (Lipinski definition) is 1. The summed E-state index contributed by atoms with van der Waals surface area (Å²) in [7, 11) is 3.83. The summed E-state index contributed by atoms with van der Waals surface area (Å²) in [6.07, 6.45) is 0.633. The lowest BCUT2D eigenvalue weighted by Crippen LogP contribution is -2.32. The summed E-state index contributed by atoms with van der Waals surface area (Å²) >= 11 is 12.2. The van der Waals surface area contributed by atoms with Gasteiger partial charge < -0.3 is 14.9 Å². The molecule has 0 spiro atoms. The van der Waals surface area contributed by atoms with Gasteiger partial charge >= 0.3 is 0 Å². The van der Waals surface area contributed by atoms with Gasteiger partial charge in [-0.3, -0.25) is 9.59 Å². The molecule has 5 nitrogen and oxygen atoms in total. The number of aliphatic hydroxyl groups is 1. The molecule has 2 aromatic rings. The van der Waals surface area contributed by atoms with Gasteiger partial charge in [0.1, 0.15) is 11.6 Å². The fraction of sp³-hybridized carbons (Fsp3) is 0.273. The zero-order chi connectivity index (χ0) is 22.0. The first-order valence-corrected chi connectivity index (χ1v) is 10.1. The third-order valence-electron chi connectivity index (χ3n) is 4.92. The molecule has 158 valence electrons. The molecule has 0 unspecified atom stereocenters. The van der Waals surface area contributed by atoms with Crippen molar-refractivity contribution in [2.45, 2.75) is 12.5 Å². The van der Waals surface area contributed by atoms with Gasteiger partial charge in [-0.05, 0) is 69.0 Å². The number of aliphatic hydroxyl groups excluding tert-OH is 1. The smallest absolute Gasteiger partial charge is 0.295 e. The van der Waals surface area contributed by atoms with Crippen LogP contribution in [0.4, 0.5) is 4.39 Å². The zero-order valence-corrected chi connectivity index (χ0v) is 18.0. The minimum atomic E-state index is -0.827. The van der Waals surface area contributed by atoms with Gasteiger partial charge in [-0.2, -0.15) is 0 Å². The second kappa shape index (κ2) is 9.16. The molecule has 0 aromatic heterocycles. The Balaban J connectivity index is 2.11. The van der Waals surface area contributed by atoms with Gasteiger partial charge in [-0.25, -0.2) is 4.39 Å². The molecule has 0 bridgehead atoms. The average molecular weight is 451 g/mol. The Morgan fingerprint density at radius 3 is 2.37 bits per heavy atom. The van der Waals surface area contributed by atoms with Gasteiger partial charge in [0, 0.05) is 12.1 Å². The SMILES string of the molecule is CN(C)CCCN1C(=O)C(=O)/C(=C(/O)c2ccc(F)cc2)[C@H]1c1ccc(Cl)c(Cl)c1. The molecule has 1 N–H and O–H groups in total. The number of carbonyl (C=O) groups is 2. The molecule has 1 heterocycles. The largest absolute Gasteiger partial charge is 0.507 e. The molecule has 3 rings (SSSR count). The van der Waals surface area contributed by atoms with Crippen molar-refractivity contribution in [2.75, 3.05) is 27.2 Å². The zero-order valence-electron chi connectivity index (χ0n) is 16.5. The van der Waals surface area contributed by atoms with Crippen LogP contribution in [0.3, 0.4) is 0 Å². The quantitative estimate of drug-likeness (QED) is 0.399. The highest BCUT2D eigenvalue weighted by Crippen LogP contribution is 2.41. The van der Waals surface area contributed by atoms with Crippen LogP contribution < -0.4 is 0 Å². The normalized spacial score (nSPS) is 18.5. The van der Waals surface area contributed by atoms with E-state index in [4.69, 9.17) is 23.2 Å². The standard InChI is InChI=1S/C22H21Cl2FN2O3/c1-26(2)10-3-11-27-19(14-6-9-16(23)17(24)12-14)18(21(29)22(27)30)20(28)13-4-7-15(25)8-5-13/h4-9,12,19,28H,3,10-11H2,1-2H3/b20-18+/t19-/m1/s1. The average Bonchev–Trinajstić information content (AvgIpc) is 2.95. The lowest BCUT2D eigenvalue weighted by atomic mass is 9.95. The summed E-state index contributed by atoms with van der Waals surface area (Å²) in [5.74, 6) is -2.33. The molecule has 1 aliphatic rings. The summed E-state index contributed by atoms with van der Waals surface area (Å²) < 4.78 is 13.3. The van der Waals surface area contributed by atoms with Crippen LogP contribution in [0.15, 0.2) is 48.0 Å². The van der Waals surface area contributed by atoms with Crippen molar-refractivity contribution in [3.8, 4) is 0 Å². The molecule has 1 aliphatic heterocycles. The maximum absolute atomic E-state index is 13.3. The number of amides is 1. The van der Waals surface area contributed by atoms with E-state index in [0.29, 0.717) is 23.6 Å². The van der Waals surface area contributed by atoms with E-state index >= 15 is 0 Å². The molecule has 1 atom stereocenters. The van der Waals surface area contributed by atoms with E-state index in [1.165, 1.54) is 29.2 Å². The van der Waals surface area contributed by atoms with Gasteiger partial charge in [0.2, 0.25) is 0 Å². The lowest BCUT2D eigenvalue weighted by Gasteiger charge is -2.26. The monoisotopic (exact) mass is 450 g/mol. The second-order valence-corrected chi connectivity index (χ2v) is 8.14. The topological polar surface area (TPSA) is 60.9 Å². The number of carbonyl (C=O) groups excluding carboxylic acids is 2. The molecule has 1 fully saturated rings. The van der Waals surface area contributed by atoms with Crippen molar-refractivity contribution >= 4 is 40.7 Å². The first-order chi connectivity index (χ1) is 14.2. The molecule has 0 radical (unpaired) electrons. The summed E-state index contributed by atoms with van der Waals surface area (Å²) in [6, 6.07) is 9.07. The van der Waals surface area contributed by atoms with Crippen molar-refractivity contribution in [1.82, 2.24) is 9.80 Å². The van der Waals surface area contributed by atoms with Gasteiger partial charge in [0.15, 0.2) is 0 Å². The van der Waals surface area contributed by atoms with Gasteiger partial charge in [0.25, 0.3) is 11.7 Å². The molecule has 1 amide bonds. The summed E-state index contributed by atoms with van der Waals surface area (Å²) in [5.41, 5.74) is 0.736. The fourth-order valence-electron chi connectivity index (χ4n) is 3.46. The molecule has 0 aliphatic carbocycles. The lowest BCUT2D eigenvalue weighted by molar-refractivity contribution is -0.139. The minimum Gasteiger partial charge on any atom is -0.507 e. The Kier molecular flexibility index (Phi) is 6.81. The number of ketones is 1. The molecule has 8 heteroatoms. The molecular weight excluding hydrogens is 430 g/mol. The third-order valence-corrected chi connectivity index (χ3v) is 5.66. The first-order valence-electron chi connectivity index (χ1n) is 9.34. The van der Waals surface area contributed by atoms with Crippen LogP contribution in [0.1, 0.15) is 23.6 Å². The predicted octanol–water partition coefficient (Wildman–Crippen LogP) is 4.51. The number of benzene rings is 2. The van der Waals surface area contributed by atoms with E-state index in [1.807, 2.05) is 19.0 Å². The maximum Gasteiger partial charge on any atom is 0.295 e. The van der Waals surface area contributed by atoms with E-state index < -0.39 is 23.5 Å². The highest BCUT2D eigenvalue weighted by Gasteiger charge is 2.45. The van der Waals surface area contributed by atoms with Crippen molar-refractivity contribution in [1.29, 1.82) is 0 Å². The van der Waals surface area contributed by atoms with Crippen LogP contribution in [0.2, 0.25) is 10.0 Å². The Hall–Kier alpha value is -2.41. The summed E-state index contributed by atoms with van der Waals surface area (Å²) in [4.78, 5) is 29.1. The Labute approximate surface area is 184 Å². The van der Waals surface area contributed by atoms with E-state index in [2.05, 4.69) is 0 Å². The number of rotatable bonds is 6. The number of hydrogen-bond acceptors (Lipinski definition) is 4. The molecular formula is C22H21Cl2FN2O3. The second-order valence-electron chi connectivity index (χ2n) is 7.33. The van der Waals surface area contributed by atoms with Crippen LogP contribution in [-0.2, 0) is 9.59 Å². The van der Waals surface area contributed by atoms with Crippen LogP contribution in [0.5, 0.6) is 0 Å². The highest BCUT2D eigenvalue weighted by molar-refractivity contribution is 6.46. The van der Waals surface area contributed by atoms with Crippen LogP contribution in [0.25, 0.3) is 5.76 Å². The van der Waals surface area contributed by atoms with Gasteiger partial charge in [0.05, 0.1) is 21.7 Å². The van der Waals surface area contributed by atoms with Crippen molar-refractivity contribution in [3.05, 3.63) is 75.0 Å². The summed E-state index contributed by atoms with van der Waals surface area (Å²) in [5, 5.41) is 11.5. The van der Waals surface area contributed by atoms with Crippen molar-refractivity contribution in [2.24, 2.45) is 0 Å². The Morgan fingerprint density at radius 1 is 1.10 bits per heavy atom.